The minimum Gasteiger partial charge on any atom is -0.481 e. The Morgan fingerprint density at radius 3 is 2.75 bits per heavy atom. The van der Waals surface area contributed by atoms with Crippen LogP contribution in [0.4, 0.5) is 0 Å². The number of carboxylic acids is 1. The number of carbonyl (C=O) groups excluding carboxylic acids is 1. The minimum absolute atomic E-state index is 0.0336. The van der Waals surface area contributed by atoms with E-state index in [0.717, 1.165) is 5.56 Å². The van der Waals surface area contributed by atoms with E-state index in [0.29, 0.717) is 25.2 Å². The summed E-state index contributed by atoms with van der Waals surface area (Å²) in [5.74, 6) is -0.996. The Hall–Kier alpha value is -2.67. The first kappa shape index (κ1) is 16.2. The van der Waals surface area contributed by atoms with Crippen molar-refractivity contribution in [2.75, 3.05) is 13.2 Å². The van der Waals surface area contributed by atoms with E-state index < -0.39 is 5.97 Å². The molecule has 0 radical (unpaired) electrons. The first-order valence-electron chi connectivity index (χ1n) is 7.80. The highest BCUT2D eigenvalue weighted by atomic mass is 16.5. The van der Waals surface area contributed by atoms with Crippen LogP contribution < -0.4 is 5.32 Å². The molecule has 0 unspecified atom stereocenters. The van der Waals surface area contributed by atoms with Crippen LogP contribution in [0.25, 0.3) is 0 Å². The maximum atomic E-state index is 12.4. The van der Waals surface area contributed by atoms with Gasteiger partial charge >= 0.3 is 5.97 Å². The van der Waals surface area contributed by atoms with Crippen LogP contribution in [0.3, 0.4) is 0 Å². The summed E-state index contributed by atoms with van der Waals surface area (Å²) in [6, 6.07) is 6.93. The van der Waals surface area contributed by atoms with Crippen molar-refractivity contribution < 1.29 is 19.4 Å². The van der Waals surface area contributed by atoms with E-state index in [9.17, 15) is 9.59 Å². The molecular formula is C17H19N3O4. The number of aliphatic carboxylic acids is 1. The van der Waals surface area contributed by atoms with Crippen LogP contribution in [-0.4, -0.2) is 45.8 Å². The quantitative estimate of drug-likeness (QED) is 0.832. The molecule has 0 aliphatic carbocycles. The number of hydrogen-bond donors (Lipinski definition) is 2. The number of carbonyl (C=O) groups is 2. The van der Waals surface area contributed by atoms with Crippen LogP contribution in [-0.2, 0) is 16.0 Å². The van der Waals surface area contributed by atoms with Gasteiger partial charge in [0.05, 0.1) is 31.6 Å². The largest absolute Gasteiger partial charge is 0.481 e. The van der Waals surface area contributed by atoms with Crippen LogP contribution >= 0.6 is 0 Å². The molecule has 24 heavy (non-hydrogen) atoms. The summed E-state index contributed by atoms with van der Waals surface area (Å²) < 4.78 is 7.42. The lowest BCUT2D eigenvalue weighted by molar-refractivity contribution is -0.136. The minimum atomic E-state index is -0.830. The molecule has 7 nitrogen and oxygen atoms in total. The lowest BCUT2D eigenvalue weighted by Crippen LogP contribution is -2.40. The molecule has 2 heterocycles. The van der Waals surface area contributed by atoms with Gasteiger partial charge in [-0.25, -0.2) is 4.98 Å². The van der Waals surface area contributed by atoms with Gasteiger partial charge in [0.25, 0.3) is 5.91 Å². The maximum Gasteiger partial charge on any atom is 0.303 e. The molecule has 1 aromatic heterocycles. The fraction of sp³-hybridized carbons (Fsp3) is 0.353. The fourth-order valence-corrected chi connectivity index (χ4v) is 2.77. The Labute approximate surface area is 139 Å². The summed E-state index contributed by atoms with van der Waals surface area (Å²) >= 11 is 0. The van der Waals surface area contributed by atoms with Gasteiger partial charge in [-0.05, 0) is 24.1 Å². The zero-order valence-electron chi connectivity index (χ0n) is 13.1. The van der Waals surface area contributed by atoms with Crippen LogP contribution in [0.5, 0.6) is 0 Å². The average molecular weight is 329 g/mol. The molecule has 7 heteroatoms. The lowest BCUT2D eigenvalue weighted by atomic mass is 10.1. The fourth-order valence-electron chi connectivity index (χ4n) is 2.77. The van der Waals surface area contributed by atoms with Crippen molar-refractivity contribution >= 4 is 11.9 Å². The van der Waals surface area contributed by atoms with Gasteiger partial charge in [-0.15, -0.1) is 0 Å². The summed E-state index contributed by atoms with van der Waals surface area (Å²) in [5, 5.41) is 11.7. The van der Waals surface area contributed by atoms with Crippen LogP contribution in [0, 0.1) is 0 Å². The Balaban J connectivity index is 1.61. The smallest absolute Gasteiger partial charge is 0.303 e. The summed E-state index contributed by atoms with van der Waals surface area (Å²) in [6.45, 7) is 1.00. The molecule has 2 N–H and O–H groups in total. The number of carboxylic acid groups (broad SMARTS) is 1. The maximum absolute atomic E-state index is 12.4. The highest BCUT2D eigenvalue weighted by Crippen LogP contribution is 2.19. The number of ether oxygens (including phenoxy) is 1. The molecule has 0 bridgehead atoms. The third-order valence-corrected chi connectivity index (χ3v) is 4.12. The van der Waals surface area contributed by atoms with Crippen LogP contribution in [0.2, 0.25) is 0 Å². The summed E-state index contributed by atoms with van der Waals surface area (Å²) in [7, 11) is 0. The van der Waals surface area contributed by atoms with Crippen molar-refractivity contribution in [1.82, 2.24) is 14.9 Å². The number of aromatic nitrogens is 2. The molecule has 126 valence electrons. The second-order valence-electron chi connectivity index (χ2n) is 5.79. The van der Waals surface area contributed by atoms with E-state index in [1.807, 2.05) is 10.8 Å². The van der Waals surface area contributed by atoms with Gasteiger partial charge in [-0.3, -0.25) is 9.59 Å². The van der Waals surface area contributed by atoms with E-state index in [1.165, 1.54) is 0 Å². The van der Waals surface area contributed by atoms with E-state index in [1.54, 1.807) is 36.8 Å². The zero-order valence-corrected chi connectivity index (χ0v) is 13.1. The van der Waals surface area contributed by atoms with Crippen molar-refractivity contribution in [3.05, 3.63) is 54.1 Å². The average Bonchev–Trinajstić information content (AvgIpc) is 3.24. The monoisotopic (exact) mass is 329 g/mol. The molecule has 1 saturated heterocycles. The third-order valence-electron chi connectivity index (χ3n) is 4.12. The van der Waals surface area contributed by atoms with Gasteiger partial charge in [0, 0.05) is 24.4 Å². The molecule has 2 atom stereocenters. The van der Waals surface area contributed by atoms with E-state index in [4.69, 9.17) is 9.84 Å². The Kier molecular flexibility index (Phi) is 4.90. The number of nitrogens with zero attached hydrogens (tertiary/aromatic N) is 2. The number of benzene rings is 1. The number of rotatable bonds is 6. The van der Waals surface area contributed by atoms with Crippen molar-refractivity contribution in [2.24, 2.45) is 0 Å². The van der Waals surface area contributed by atoms with Gasteiger partial charge in [-0.2, -0.15) is 0 Å². The van der Waals surface area contributed by atoms with Gasteiger partial charge in [-0.1, -0.05) is 12.1 Å². The number of imidazole rings is 1. The molecule has 1 fully saturated rings. The van der Waals surface area contributed by atoms with Gasteiger partial charge in [0.2, 0.25) is 0 Å². The lowest BCUT2D eigenvalue weighted by Gasteiger charge is -2.20. The molecule has 2 aromatic rings. The number of hydrogen-bond acceptors (Lipinski definition) is 4. The summed E-state index contributed by atoms with van der Waals surface area (Å²) in [6.07, 6.45) is 5.81. The summed E-state index contributed by atoms with van der Waals surface area (Å²) in [5.41, 5.74) is 1.44. The second kappa shape index (κ2) is 7.27. The highest BCUT2D eigenvalue weighted by Gasteiger charge is 2.30. The molecule has 3 rings (SSSR count). The van der Waals surface area contributed by atoms with Crippen molar-refractivity contribution in [1.29, 1.82) is 0 Å². The van der Waals surface area contributed by atoms with E-state index >= 15 is 0 Å². The van der Waals surface area contributed by atoms with Crippen LogP contribution in [0.1, 0.15) is 28.4 Å². The third kappa shape index (κ3) is 3.80. The molecule has 1 aliphatic heterocycles. The SMILES string of the molecule is O=C(O)CCc1ccc(C(=O)N[C@@H]2COC[C@@H]2n2ccnc2)cc1. The van der Waals surface area contributed by atoms with Gasteiger partial charge in [0.15, 0.2) is 0 Å². The Morgan fingerprint density at radius 2 is 2.08 bits per heavy atom. The normalized spacial score (nSPS) is 20.0. The predicted molar refractivity (Wildman–Crippen MR) is 85.7 cm³/mol. The second-order valence-corrected chi connectivity index (χ2v) is 5.79. The van der Waals surface area contributed by atoms with E-state index in [2.05, 4.69) is 10.3 Å². The number of amides is 1. The first-order valence-corrected chi connectivity index (χ1v) is 7.80. The topological polar surface area (TPSA) is 93.5 Å². The van der Waals surface area contributed by atoms with E-state index in [-0.39, 0.29) is 24.4 Å². The molecule has 1 aromatic carbocycles. The number of nitrogens with one attached hydrogen (secondary N) is 1. The standard InChI is InChI=1S/C17H19N3O4/c21-16(22)6-3-12-1-4-13(5-2-12)17(23)19-14-9-24-10-15(14)20-8-7-18-11-20/h1-2,4-5,7-8,11,14-15H,3,6,9-10H2,(H,19,23)(H,21,22)/t14-,15+/m1/s1. The van der Waals surface area contributed by atoms with Crippen LogP contribution in [0.15, 0.2) is 43.0 Å². The zero-order chi connectivity index (χ0) is 16.9. The van der Waals surface area contributed by atoms with Gasteiger partial charge < -0.3 is 19.7 Å². The molecule has 1 amide bonds. The Morgan fingerprint density at radius 1 is 1.29 bits per heavy atom. The molecule has 1 aliphatic rings. The molecule has 0 saturated carbocycles. The first-order chi connectivity index (χ1) is 11.6. The molecular weight excluding hydrogens is 310 g/mol. The summed E-state index contributed by atoms with van der Waals surface area (Å²) in [4.78, 5) is 27.0. The number of aryl methyl sites for hydroxylation is 1. The van der Waals surface area contributed by atoms with Crippen molar-refractivity contribution in [3.8, 4) is 0 Å². The Bertz CT molecular complexity index is 697. The van der Waals surface area contributed by atoms with Gasteiger partial charge in [0.1, 0.15) is 0 Å². The van der Waals surface area contributed by atoms with Crippen molar-refractivity contribution in [3.63, 3.8) is 0 Å². The van der Waals surface area contributed by atoms with Crippen molar-refractivity contribution in [2.45, 2.75) is 24.9 Å². The predicted octanol–water partition coefficient (Wildman–Crippen LogP) is 1.27. The molecule has 0 spiro atoms. The highest BCUT2D eigenvalue weighted by molar-refractivity contribution is 5.94.